The highest BCUT2D eigenvalue weighted by Crippen LogP contribution is 2.12. The van der Waals surface area contributed by atoms with E-state index in [1.807, 2.05) is 0 Å². The molecule has 0 amide bonds. The van der Waals surface area contributed by atoms with Crippen LogP contribution in [0.1, 0.15) is 39.5 Å². The van der Waals surface area contributed by atoms with Crippen LogP contribution in [0.3, 0.4) is 0 Å². The number of aliphatic hydroxyl groups excluding tert-OH is 1. The van der Waals surface area contributed by atoms with Crippen molar-refractivity contribution in [2.75, 3.05) is 7.11 Å². The summed E-state index contributed by atoms with van der Waals surface area (Å²) in [4.78, 5) is 11.0. The number of aliphatic hydroxyl groups is 1. The van der Waals surface area contributed by atoms with Crippen LogP contribution in [0.5, 0.6) is 0 Å². The van der Waals surface area contributed by atoms with Crippen molar-refractivity contribution in [3.05, 3.63) is 0 Å². The maximum atomic E-state index is 11.0. The van der Waals surface area contributed by atoms with Crippen LogP contribution in [0.4, 0.5) is 0 Å². The average molecular weight is 188 g/mol. The normalized spacial score (nSPS) is 15.1. The smallest absolute Gasteiger partial charge is 0.308 e. The van der Waals surface area contributed by atoms with Crippen LogP contribution >= 0.6 is 0 Å². The van der Waals surface area contributed by atoms with Gasteiger partial charge in [0.15, 0.2) is 0 Å². The molecule has 78 valence electrons. The Hall–Kier alpha value is -0.570. The molecular formula is C10H20O3. The summed E-state index contributed by atoms with van der Waals surface area (Å²) < 4.78 is 4.57. The van der Waals surface area contributed by atoms with Crippen molar-refractivity contribution in [1.82, 2.24) is 0 Å². The number of carbonyl (C=O) groups is 1. The summed E-state index contributed by atoms with van der Waals surface area (Å²) in [6.45, 7) is 3.86. The molecule has 3 nitrogen and oxygen atoms in total. The third kappa shape index (κ3) is 5.64. The van der Waals surface area contributed by atoms with Gasteiger partial charge in [-0.15, -0.1) is 0 Å². The molecule has 0 aliphatic rings. The molecule has 0 aromatic carbocycles. The Morgan fingerprint density at radius 2 is 2.15 bits per heavy atom. The second kappa shape index (κ2) is 6.89. The topological polar surface area (TPSA) is 46.5 Å². The van der Waals surface area contributed by atoms with Crippen LogP contribution in [-0.2, 0) is 9.53 Å². The first-order valence-electron chi connectivity index (χ1n) is 4.87. The molecule has 0 radical (unpaired) electrons. The van der Waals surface area contributed by atoms with Gasteiger partial charge in [-0.25, -0.2) is 0 Å². The summed E-state index contributed by atoms with van der Waals surface area (Å²) in [7, 11) is 1.37. The van der Waals surface area contributed by atoms with E-state index in [-0.39, 0.29) is 18.0 Å². The summed E-state index contributed by atoms with van der Waals surface area (Å²) in [5.74, 6) is -0.438. The average Bonchev–Trinajstić information content (AvgIpc) is 2.13. The van der Waals surface area contributed by atoms with Gasteiger partial charge in [0.05, 0.1) is 19.1 Å². The molecule has 0 rings (SSSR count). The Morgan fingerprint density at radius 3 is 2.62 bits per heavy atom. The summed E-state index contributed by atoms with van der Waals surface area (Å²) in [5, 5.41) is 9.49. The third-order valence-electron chi connectivity index (χ3n) is 2.12. The minimum Gasteiger partial charge on any atom is -0.469 e. The molecule has 13 heavy (non-hydrogen) atoms. The van der Waals surface area contributed by atoms with Crippen molar-refractivity contribution in [3.63, 3.8) is 0 Å². The highest BCUT2D eigenvalue weighted by Gasteiger charge is 2.17. The van der Waals surface area contributed by atoms with E-state index >= 15 is 0 Å². The highest BCUT2D eigenvalue weighted by molar-refractivity contribution is 5.71. The predicted octanol–water partition coefficient (Wildman–Crippen LogP) is 1.74. The molecule has 0 aromatic heterocycles. The van der Waals surface area contributed by atoms with Crippen molar-refractivity contribution in [2.24, 2.45) is 5.92 Å². The van der Waals surface area contributed by atoms with Gasteiger partial charge in [-0.3, -0.25) is 4.79 Å². The number of unbranched alkanes of at least 4 members (excludes halogenated alkanes) is 1. The van der Waals surface area contributed by atoms with Crippen molar-refractivity contribution in [2.45, 2.75) is 45.6 Å². The summed E-state index contributed by atoms with van der Waals surface area (Å²) in [6, 6.07) is 0. The van der Waals surface area contributed by atoms with E-state index in [0.717, 1.165) is 19.3 Å². The lowest BCUT2D eigenvalue weighted by molar-refractivity contribution is -0.145. The first-order valence-corrected chi connectivity index (χ1v) is 4.87. The fourth-order valence-electron chi connectivity index (χ4n) is 1.26. The fourth-order valence-corrected chi connectivity index (χ4v) is 1.26. The minimum atomic E-state index is -0.367. The summed E-state index contributed by atoms with van der Waals surface area (Å²) in [5.41, 5.74) is 0. The lowest BCUT2D eigenvalue weighted by Crippen LogP contribution is -2.19. The van der Waals surface area contributed by atoms with Gasteiger partial charge in [0.2, 0.25) is 0 Å². The third-order valence-corrected chi connectivity index (χ3v) is 2.12. The number of esters is 1. The largest absolute Gasteiger partial charge is 0.469 e. The number of carbonyl (C=O) groups excluding carboxylic acids is 1. The standard InChI is InChI=1S/C10H20O3/c1-4-5-6-9(11)7-8(2)10(12)13-3/h8-9,11H,4-7H2,1-3H3. The maximum Gasteiger partial charge on any atom is 0.308 e. The molecular weight excluding hydrogens is 168 g/mol. The van der Waals surface area contributed by atoms with E-state index in [2.05, 4.69) is 11.7 Å². The number of hydrogen-bond donors (Lipinski definition) is 1. The second-order valence-corrected chi connectivity index (χ2v) is 3.46. The minimum absolute atomic E-state index is 0.197. The monoisotopic (exact) mass is 188 g/mol. The van der Waals surface area contributed by atoms with E-state index in [1.54, 1.807) is 6.92 Å². The van der Waals surface area contributed by atoms with Crippen LogP contribution in [0.25, 0.3) is 0 Å². The zero-order chi connectivity index (χ0) is 10.3. The Labute approximate surface area is 80.1 Å². The lowest BCUT2D eigenvalue weighted by atomic mass is 10.0. The quantitative estimate of drug-likeness (QED) is 0.646. The molecule has 0 aliphatic heterocycles. The van der Waals surface area contributed by atoms with Gasteiger partial charge in [-0.2, -0.15) is 0 Å². The lowest BCUT2D eigenvalue weighted by Gasteiger charge is -2.13. The molecule has 0 bridgehead atoms. The summed E-state index contributed by atoms with van der Waals surface area (Å²) >= 11 is 0. The summed E-state index contributed by atoms with van der Waals surface area (Å²) in [6.07, 6.45) is 3.00. The second-order valence-electron chi connectivity index (χ2n) is 3.46. The Bertz CT molecular complexity index is 145. The molecule has 0 saturated carbocycles. The van der Waals surface area contributed by atoms with Crippen LogP contribution in [-0.4, -0.2) is 24.3 Å². The molecule has 2 unspecified atom stereocenters. The van der Waals surface area contributed by atoms with Gasteiger partial charge < -0.3 is 9.84 Å². The fraction of sp³-hybridized carbons (Fsp3) is 0.900. The van der Waals surface area contributed by atoms with Crippen LogP contribution < -0.4 is 0 Å². The number of hydrogen-bond acceptors (Lipinski definition) is 3. The van der Waals surface area contributed by atoms with Crippen molar-refractivity contribution < 1.29 is 14.6 Å². The molecule has 0 heterocycles. The molecule has 0 aromatic rings. The number of methoxy groups -OCH3 is 1. The molecule has 0 aliphatic carbocycles. The zero-order valence-electron chi connectivity index (χ0n) is 8.75. The van der Waals surface area contributed by atoms with Crippen molar-refractivity contribution in [3.8, 4) is 0 Å². The van der Waals surface area contributed by atoms with Gasteiger partial charge in [0.25, 0.3) is 0 Å². The Balaban J connectivity index is 3.64. The molecule has 3 heteroatoms. The van der Waals surface area contributed by atoms with E-state index in [0.29, 0.717) is 6.42 Å². The van der Waals surface area contributed by atoms with Gasteiger partial charge in [0.1, 0.15) is 0 Å². The van der Waals surface area contributed by atoms with Gasteiger partial charge in [-0.05, 0) is 12.8 Å². The molecule has 2 atom stereocenters. The number of ether oxygens (including phenoxy) is 1. The highest BCUT2D eigenvalue weighted by atomic mass is 16.5. The predicted molar refractivity (Wildman–Crippen MR) is 51.3 cm³/mol. The van der Waals surface area contributed by atoms with Crippen LogP contribution in [0.2, 0.25) is 0 Å². The first-order chi connectivity index (χ1) is 6.11. The van der Waals surface area contributed by atoms with Crippen LogP contribution in [0, 0.1) is 5.92 Å². The van der Waals surface area contributed by atoms with E-state index in [4.69, 9.17) is 0 Å². The van der Waals surface area contributed by atoms with Crippen molar-refractivity contribution >= 4 is 5.97 Å². The van der Waals surface area contributed by atoms with Gasteiger partial charge in [0, 0.05) is 0 Å². The van der Waals surface area contributed by atoms with Crippen LogP contribution in [0.15, 0.2) is 0 Å². The van der Waals surface area contributed by atoms with Crippen molar-refractivity contribution in [1.29, 1.82) is 0 Å². The zero-order valence-corrected chi connectivity index (χ0v) is 8.75. The SMILES string of the molecule is CCCCC(O)CC(C)C(=O)OC. The molecule has 1 N–H and O–H groups in total. The van der Waals surface area contributed by atoms with E-state index < -0.39 is 0 Å². The maximum absolute atomic E-state index is 11.0. The molecule has 0 spiro atoms. The van der Waals surface area contributed by atoms with E-state index in [1.165, 1.54) is 7.11 Å². The number of rotatable bonds is 6. The molecule has 0 fully saturated rings. The van der Waals surface area contributed by atoms with Gasteiger partial charge >= 0.3 is 5.97 Å². The van der Waals surface area contributed by atoms with Gasteiger partial charge in [-0.1, -0.05) is 26.7 Å². The Morgan fingerprint density at radius 1 is 1.54 bits per heavy atom. The Kier molecular flexibility index (Phi) is 6.59. The first kappa shape index (κ1) is 12.4. The van der Waals surface area contributed by atoms with E-state index in [9.17, 15) is 9.90 Å². The molecule has 0 saturated heterocycles.